The molecule has 1 unspecified atom stereocenters. The van der Waals surface area contributed by atoms with Gasteiger partial charge >= 0.3 is 35.5 Å². The summed E-state index contributed by atoms with van der Waals surface area (Å²) in [5.74, 6) is -0.123. The summed E-state index contributed by atoms with van der Waals surface area (Å²) < 4.78 is 6.02. The third kappa shape index (κ3) is 3.68. The number of piperazine rings is 1. The van der Waals surface area contributed by atoms with Gasteiger partial charge in [-0.1, -0.05) is 24.3 Å². The predicted molar refractivity (Wildman–Crippen MR) is 96.2 cm³/mol. The van der Waals surface area contributed by atoms with E-state index in [4.69, 9.17) is 4.74 Å². The van der Waals surface area contributed by atoms with Crippen LogP contribution in [0.25, 0.3) is 0 Å². The van der Waals surface area contributed by atoms with Gasteiger partial charge in [-0.05, 0) is 36.4 Å². The van der Waals surface area contributed by atoms with Crippen molar-refractivity contribution in [3.05, 3.63) is 64.7 Å². The van der Waals surface area contributed by atoms with Crippen LogP contribution in [0.4, 0.5) is 0 Å². The summed E-state index contributed by atoms with van der Waals surface area (Å²) in [6, 6.07) is 13.6. The number of nitrogens with zero attached hydrogens (tertiary/aromatic N) is 2. The monoisotopic (exact) mass is 362 g/mol. The molecule has 132 valence electrons. The number of aromatic carboxylic acids is 1. The fourth-order valence-electron chi connectivity index (χ4n) is 3.76. The second-order valence-electron chi connectivity index (χ2n) is 6.79. The third-order valence-electron chi connectivity index (χ3n) is 5.19. The topological polar surface area (TPSA) is 53.0 Å². The van der Waals surface area contributed by atoms with Gasteiger partial charge in [-0.15, -0.1) is 0 Å². The second kappa shape index (κ2) is 8.11. The molecule has 0 bridgehead atoms. The molecule has 0 aromatic heterocycles. The number of carboxylic acid groups (broad SMARTS) is 1. The van der Waals surface area contributed by atoms with E-state index in [1.807, 2.05) is 12.1 Å². The third-order valence-corrected chi connectivity index (χ3v) is 5.19. The van der Waals surface area contributed by atoms with E-state index in [2.05, 4.69) is 29.0 Å². The molecular formula is C20H23N2NaO3. The Bertz CT molecular complexity index is 810. The first-order valence-corrected chi connectivity index (χ1v) is 8.64. The van der Waals surface area contributed by atoms with Crippen LogP contribution >= 0.6 is 0 Å². The molecule has 0 saturated carbocycles. The number of ether oxygens (including phenoxy) is 1. The van der Waals surface area contributed by atoms with E-state index in [0.29, 0.717) is 12.2 Å². The number of hydrogen-bond donors (Lipinski definition) is 1. The standard InChI is InChI=1S/C20H22N2O3.Na.H/c1-21-8-10-22(11-9-21)19-16-5-3-2-4-15(16)13-25-18-7-6-14(20(23)24)12-17(18)19;;/h2-7,12,19H,8-11,13H2,1H3,(H,23,24);;/q;+1;-1. The maximum Gasteiger partial charge on any atom is 1.00 e. The number of hydrogen-bond acceptors (Lipinski definition) is 4. The SMILES string of the molecule is CN1CCN(C2c3ccccc3COc3ccc(C(=O)O)cc32)CC1.[H-].[Na+]. The normalized spacial score (nSPS) is 20.1. The maximum atomic E-state index is 11.5. The van der Waals surface area contributed by atoms with Crippen LogP contribution in [0.3, 0.4) is 0 Å². The molecule has 0 radical (unpaired) electrons. The molecule has 26 heavy (non-hydrogen) atoms. The van der Waals surface area contributed by atoms with Crippen molar-refractivity contribution < 1.29 is 45.6 Å². The predicted octanol–water partition coefficient (Wildman–Crippen LogP) is -0.269. The molecule has 2 aromatic carbocycles. The van der Waals surface area contributed by atoms with Crippen molar-refractivity contribution in [2.75, 3.05) is 33.2 Å². The fourth-order valence-corrected chi connectivity index (χ4v) is 3.76. The van der Waals surface area contributed by atoms with Crippen LogP contribution in [0.1, 0.15) is 34.5 Å². The summed E-state index contributed by atoms with van der Waals surface area (Å²) >= 11 is 0. The molecule has 0 aliphatic carbocycles. The van der Waals surface area contributed by atoms with E-state index >= 15 is 0 Å². The first-order valence-electron chi connectivity index (χ1n) is 8.64. The van der Waals surface area contributed by atoms with Crippen molar-refractivity contribution in [1.29, 1.82) is 0 Å². The Morgan fingerprint density at radius 1 is 1.12 bits per heavy atom. The molecule has 0 amide bonds. The summed E-state index contributed by atoms with van der Waals surface area (Å²) in [5, 5.41) is 9.42. The molecule has 2 aliphatic rings. The number of likely N-dealkylation sites (N-methyl/N-ethyl adjacent to an activating group) is 1. The number of rotatable bonds is 2. The summed E-state index contributed by atoms with van der Waals surface area (Å²) in [4.78, 5) is 16.2. The van der Waals surface area contributed by atoms with Crippen LogP contribution in [0.15, 0.2) is 42.5 Å². The van der Waals surface area contributed by atoms with Gasteiger partial charge in [0.05, 0.1) is 11.6 Å². The zero-order chi connectivity index (χ0) is 17.4. The molecule has 5 nitrogen and oxygen atoms in total. The van der Waals surface area contributed by atoms with E-state index in [-0.39, 0.29) is 37.0 Å². The number of carbonyl (C=O) groups is 1. The molecule has 1 saturated heterocycles. The minimum atomic E-state index is -0.905. The Hall–Kier alpha value is -1.37. The van der Waals surface area contributed by atoms with Gasteiger partial charge in [0.1, 0.15) is 12.4 Å². The molecule has 4 rings (SSSR count). The van der Waals surface area contributed by atoms with E-state index < -0.39 is 5.97 Å². The van der Waals surface area contributed by atoms with E-state index in [1.165, 1.54) is 11.1 Å². The van der Waals surface area contributed by atoms with Gasteiger partial charge in [0.2, 0.25) is 0 Å². The average Bonchev–Trinajstić information content (AvgIpc) is 2.79. The molecule has 2 aliphatic heterocycles. The summed E-state index contributed by atoms with van der Waals surface area (Å²) in [5.41, 5.74) is 3.64. The smallest absolute Gasteiger partial charge is 1.00 e. The Labute approximate surface area is 177 Å². The number of carboxylic acids is 1. The van der Waals surface area contributed by atoms with Gasteiger partial charge in [0, 0.05) is 31.7 Å². The van der Waals surface area contributed by atoms with Gasteiger partial charge in [0.25, 0.3) is 0 Å². The van der Waals surface area contributed by atoms with E-state index in [1.54, 1.807) is 18.2 Å². The van der Waals surface area contributed by atoms with Crippen LogP contribution in [-0.4, -0.2) is 54.1 Å². The second-order valence-corrected chi connectivity index (χ2v) is 6.79. The van der Waals surface area contributed by atoms with Crippen molar-refractivity contribution in [3.63, 3.8) is 0 Å². The molecule has 0 spiro atoms. The van der Waals surface area contributed by atoms with E-state index in [9.17, 15) is 9.90 Å². The first kappa shape index (κ1) is 19.4. The number of benzene rings is 2. The average molecular weight is 362 g/mol. The van der Waals surface area contributed by atoms with Gasteiger partial charge in [-0.2, -0.15) is 0 Å². The zero-order valence-electron chi connectivity index (χ0n) is 16.3. The molecule has 1 N–H and O–H groups in total. The minimum Gasteiger partial charge on any atom is -1.00 e. The fraction of sp³-hybridized carbons (Fsp3) is 0.350. The Balaban J connectivity index is 0.00000131. The Morgan fingerprint density at radius 2 is 1.85 bits per heavy atom. The minimum absolute atomic E-state index is 0. The molecule has 6 heteroatoms. The van der Waals surface area contributed by atoms with Crippen molar-refractivity contribution in [1.82, 2.24) is 9.80 Å². The summed E-state index contributed by atoms with van der Waals surface area (Å²) in [6.45, 7) is 4.43. The Morgan fingerprint density at radius 3 is 2.58 bits per heavy atom. The Kier molecular flexibility index (Phi) is 6.05. The van der Waals surface area contributed by atoms with Gasteiger partial charge in [-0.3, -0.25) is 4.90 Å². The van der Waals surface area contributed by atoms with E-state index in [0.717, 1.165) is 37.5 Å². The quantitative estimate of drug-likeness (QED) is 0.746. The molecule has 1 atom stereocenters. The van der Waals surface area contributed by atoms with Crippen LogP contribution in [0, 0.1) is 0 Å². The van der Waals surface area contributed by atoms with Crippen LogP contribution in [0.5, 0.6) is 5.75 Å². The first-order chi connectivity index (χ1) is 12.1. The largest absolute Gasteiger partial charge is 1.00 e. The molecular weight excluding hydrogens is 339 g/mol. The molecule has 2 heterocycles. The zero-order valence-corrected chi connectivity index (χ0v) is 17.3. The van der Waals surface area contributed by atoms with Gasteiger partial charge in [-0.25, -0.2) is 4.79 Å². The van der Waals surface area contributed by atoms with Gasteiger partial charge in [0.15, 0.2) is 0 Å². The van der Waals surface area contributed by atoms with Crippen LogP contribution in [-0.2, 0) is 6.61 Å². The molecule has 2 aromatic rings. The van der Waals surface area contributed by atoms with Crippen molar-refractivity contribution in [2.24, 2.45) is 0 Å². The van der Waals surface area contributed by atoms with Crippen LogP contribution in [0.2, 0.25) is 0 Å². The number of fused-ring (bicyclic) bond motifs is 2. The summed E-state index contributed by atoms with van der Waals surface area (Å²) in [6.07, 6.45) is 0. The summed E-state index contributed by atoms with van der Waals surface area (Å²) in [7, 11) is 2.14. The van der Waals surface area contributed by atoms with Crippen molar-refractivity contribution >= 4 is 5.97 Å². The van der Waals surface area contributed by atoms with Crippen LogP contribution < -0.4 is 34.3 Å². The van der Waals surface area contributed by atoms with Crippen molar-refractivity contribution in [3.8, 4) is 5.75 Å². The van der Waals surface area contributed by atoms with Gasteiger partial charge < -0.3 is 16.2 Å². The van der Waals surface area contributed by atoms with Crippen molar-refractivity contribution in [2.45, 2.75) is 12.6 Å². The molecule has 1 fully saturated rings. The maximum absolute atomic E-state index is 11.5.